The van der Waals surface area contributed by atoms with Crippen LogP contribution in [0.15, 0.2) is 0 Å². The SMILES string of the molecule is CC(C)C1CCC(NC(=O)CC2CCCN2)CC1.Cl. The lowest BCUT2D eigenvalue weighted by Gasteiger charge is -2.31. The summed E-state index contributed by atoms with van der Waals surface area (Å²) in [6, 6.07) is 0.867. The van der Waals surface area contributed by atoms with Gasteiger partial charge in [-0.2, -0.15) is 0 Å². The summed E-state index contributed by atoms with van der Waals surface area (Å²) in [7, 11) is 0. The summed E-state index contributed by atoms with van der Waals surface area (Å²) < 4.78 is 0. The van der Waals surface area contributed by atoms with Crippen LogP contribution in [0.2, 0.25) is 0 Å². The molecule has 1 heterocycles. The quantitative estimate of drug-likeness (QED) is 0.835. The van der Waals surface area contributed by atoms with E-state index in [-0.39, 0.29) is 18.3 Å². The average Bonchev–Trinajstić information content (AvgIpc) is 2.82. The highest BCUT2D eigenvalue weighted by Gasteiger charge is 2.25. The number of amides is 1. The number of halogens is 1. The van der Waals surface area contributed by atoms with Gasteiger partial charge in [0.2, 0.25) is 5.91 Å². The highest BCUT2D eigenvalue weighted by Crippen LogP contribution is 2.29. The molecule has 0 aromatic rings. The summed E-state index contributed by atoms with van der Waals surface area (Å²) in [6.07, 6.45) is 7.96. The van der Waals surface area contributed by atoms with Gasteiger partial charge in [-0.1, -0.05) is 13.8 Å². The molecule has 1 atom stereocenters. The summed E-state index contributed by atoms with van der Waals surface area (Å²) in [4.78, 5) is 11.9. The molecule has 4 heteroatoms. The van der Waals surface area contributed by atoms with Crippen molar-refractivity contribution in [1.82, 2.24) is 10.6 Å². The van der Waals surface area contributed by atoms with Crippen LogP contribution >= 0.6 is 12.4 Å². The van der Waals surface area contributed by atoms with E-state index in [2.05, 4.69) is 24.5 Å². The molecule has 1 aliphatic carbocycles. The Balaban J connectivity index is 0.00000180. The van der Waals surface area contributed by atoms with Gasteiger partial charge < -0.3 is 10.6 Å². The minimum absolute atomic E-state index is 0. The summed E-state index contributed by atoms with van der Waals surface area (Å²) in [6.45, 7) is 5.71. The lowest BCUT2D eigenvalue weighted by Crippen LogP contribution is -2.40. The maximum atomic E-state index is 11.9. The first-order valence-electron chi connectivity index (χ1n) is 7.68. The second kappa shape index (κ2) is 8.11. The third-order valence-corrected chi connectivity index (χ3v) is 4.67. The zero-order valence-electron chi connectivity index (χ0n) is 12.3. The lowest BCUT2D eigenvalue weighted by atomic mass is 9.79. The summed E-state index contributed by atoms with van der Waals surface area (Å²) in [5, 5.41) is 6.61. The molecule has 3 nitrogen and oxygen atoms in total. The Morgan fingerprint density at radius 3 is 2.42 bits per heavy atom. The molecule has 0 radical (unpaired) electrons. The third-order valence-electron chi connectivity index (χ3n) is 4.67. The smallest absolute Gasteiger partial charge is 0.221 e. The number of carbonyl (C=O) groups is 1. The monoisotopic (exact) mass is 288 g/mol. The molecule has 0 spiro atoms. The van der Waals surface area contributed by atoms with Crippen molar-refractivity contribution >= 4 is 18.3 Å². The fourth-order valence-corrected chi connectivity index (χ4v) is 3.37. The Hall–Kier alpha value is -0.280. The predicted molar refractivity (Wildman–Crippen MR) is 81.6 cm³/mol. The molecule has 0 aromatic heterocycles. The molecule has 2 fully saturated rings. The van der Waals surface area contributed by atoms with E-state index in [4.69, 9.17) is 0 Å². The molecule has 112 valence electrons. The zero-order chi connectivity index (χ0) is 13.0. The molecule has 2 rings (SSSR count). The molecule has 2 N–H and O–H groups in total. The molecule has 0 aromatic carbocycles. The molecule has 0 bridgehead atoms. The Labute approximate surface area is 123 Å². The second-order valence-corrected chi connectivity index (χ2v) is 6.42. The molecule has 1 unspecified atom stereocenters. The first-order chi connectivity index (χ1) is 8.65. The van der Waals surface area contributed by atoms with Crippen LogP contribution in [0.1, 0.15) is 58.8 Å². The Bertz CT molecular complexity index is 269. The van der Waals surface area contributed by atoms with E-state index >= 15 is 0 Å². The van der Waals surface area contributed by atoms with Crippen LogP contribution < -0.4 is 10.6 Å². The molecule has 19 heavy (non-hydrogen) atoms. The number of hydrogen-bond acceptors (Lipinski definition) is 2. The maximum absolute atomic E-state index is 11.9. The normalized spacial score (nSPS) is 31.0. The van der Waals surface area contributed by atoms with Crippen molar-refractivity contribution in [3.05, 3.63) is 0 Å². The molecule has 1 saturated heterocycles. The molecular weight excluding hydrogens is 260 g/mol. The van der Waals surface area contributed by atoms with E-state index in [0.717, 1.165) is 24.8 Å². The third kappa shape index (κ3) is 5.31. The van der Waals surface area contributed by atoms with Gasteiger partial charge in [-0.25, -0.2) is 0 Å². The van der Waals surface area contributed by atoms with Gasteiger partial charge in [-0.05, 0) is 56.9 Å². The van der Waals surface area contributed by atoms with Gasteiger partial charge in [-0.15, -0.1) is 12.4 Å². The van der Waals surface area contributed by atoms with Crippen LogP contribution in [0.4, 0.5) is 0 Å². The number of carbonyl (C=O) groups excluding carboxylic acids is 1. The molecule has 1 aliphatic heterocycles. The van der Waals surface area contributed by atoms with Crippen molar-refractivity contribution in [2.75, 3.05) is 6.54 Å². The van der Waals surface area contributed by atoms with Crippen LogP contribution in [-0.4, -0.2) is 24.5 Å². The Kier molecular flexibility index (Phi) is 7.16. The fraction of sp³-hybridized carbons (Fsp3) is 0.933. The Morgan fingerprint density at radius 1 is 1.21 bits per heavy atom. The number of nitrogens with one attached hydrogen (secondary N) is 2. The van der Waals surface area contributed by atoms with Crippen molar-refractivity contribution in [3.63, 3.8) is 0 Å². The molecule has 2 aliphatic rings. The van der Waals surface area contributed by atoms with Crippen molar-refractivity contribution in [3.8, 4) is 0 Å². The van der Waals surface area contributed by atoms with Crippen molar-refractivity contribution in [2.45, 2.75) is 70.9 Å². The number of rotatable bonds is 4. The predicted octanol–water partition coefficient (Wildman–Crippen LogP) is 2.88. The van der Waals surface area contributed by atoms with E-state index in [1.165, 1.54) is 32.1 Å². The maximum Gasteiger partial charge on any atom is 0.221 e. The largest absolute Gasteiger partial charge is 0.353 e. The highest BCUT2D eigenvalue weighted by molar-refractivity contribution is 5.85. The van der Waals surface area contributed by atoms with E-state index in [0.29, 0.717) is 18.5 Å². The van der Waals surface area contributed by atoms with E-state index in [1.807, 2.05) is 0 Å². The summed E-state index contributed by atoms with van der Waals surface area (Å²) in [5.41, 5.74) is 0. The van der Waals surface area contributed by atoms with Gasteiger partial charge >= 0.3 is 0 Å². The standard InChI is InChI=1S/C15H28N2O.ClH/c1-11(2)12-5-7-13(8-6-12)17-15(18)10-14-4-3-9-16-14;/h11-14,16H,3-10H2,1-2H3,(H,17,18);1H. The van der Waals surface area contributed by atoms with Gasteiger partial charge in [0, 0.05) is 18.5 Å². The summed E-state index contributed by atoms with van der Waals surface area (Å²) in [5.74, 6) is 1.92. The van der Waals surface area contributed by atoms with Gasteiger partial charge in [0.05, 0.1) is 0 Å². The van der Waals surface area contributed by atoms with Crippen molar-refractivity contribution in [2.24, 2.45) is 11.8 Å². The second-order valence-electron chi connectivity index (χ2n) is 6.42. The minimum Gasteiger partial charge on any atom is -0.353 e. The average molecular weight is 289 g/mol. The van der Waals surface area contributed by atoms with Crippen LogP contribution in [0.3, 0.4) is 0 Å². The van der Waals surface area contributed by atoms with Gasteiger partial charge in [0.25, 0.3) is 0 Å². The van der Waals surface area contributed by atoms with Crippen LogP contribution in [0.25, 0.3) is 0 Å². The zero-order valence-corrected chi connectivity index (χ0v) is 13.1. The molecule has 1 saturated carbocycles. The lowest BCUT2D eigenvalue weighted by molar-refractivity contribution is -0.122. The highest BCUT2D eigenvalue weighted by atomic mass is 35.5. The Morgan fingerprint density at radius 2 is 1.89 bits per heavy atom. The minimum atomic E-state index is 0. The van der Waals surface area contributed by atoms with E-state index in [1.54, 1.807) is 0 Å². The van der Waals surface area contributed by atoms with Crippen LogP contribution in [-0.2, 0) is 4.79 Å². The molecule has 1 amide bonds. The van der Waals surface area contributed by atoms with Crippen molar-refractivity contribution in [1.29, 1.82) is 0 Å². The first-order valence-corrected chi connectivity index (χ1v) is 7.68. The summed E-state index contributed by atoms with van der Waals surface area (Å²) >= 11 is 0. The number of hydrogen-bond donors (Lipinski definition) is 2. The van der Waals surface area contributed by atoms with Gasteiger partial charge in [-0.3, -0.25) is 4.79 Å². The van der Waals surface area contributed by atoms with E-state index in [9.17, 15) is 4.79 Å². The van der Waals surface area contributed by atoms with Crippen molar-refractivity contribution < 1.29 is 4.79 Å². The van der Waals surface area contributed by atoms with Gasteiger partial charge in [0.15, 0.2) is 0 Å². The first kappa shape index (κ1) is 16.8. The van der Waals surface area contributed by atoms with Crippen LogP contribution in [0.5, 0.6) is 0 Å². The van der Waals surface area contributed by atoms with Gasteiger partial charge in [0.1, 0.15) is 0 Å². The topological polar surface area (TPSA) is 41.1 Å². The molecular formula is C15H29ClN2O. The van der Waals surface area contributed by atoms with Crippen LogP contribution in [0, 0.1) is 11.8 Å². The fourth-order valence-electron chi connectivity index (χ4n) is 3.37. The van der Waals surface area contributed by atoms with E-state index < -0.39 is 0 Å².